The van der Waals surface area contributed by atoms with Crippen molar-refractivity contribution in [2.75, 3.05) is 37.9 Å². The Kier molecular flexibility index (Phi) is 5.46. The van der Waals surface area contributed by atoms with Gasteiger partial charge in [-0.05, 0) is 56.9 Å². The normalized spacial score (nSPS) is 21.5. The maximum Gasteiger partial charge on any atom is 0.253 e. The summed E-state index contributed by atoms with van der Waals surface area (Å²) in [5.41, 5.74) is 3.50. The quantitative estimate of drug-likeness (QED) is 0.775. The number of aromatic nitrogens is 1. The molecule has 6 nitrogen and oxygen atoms in total. The van der Waals surface area contributed by atoms with Crippen LogP contribution in [0, 0.1) is 0 Å². The molecule has 4 rings (SSSR count). The summed E-state index contributed by atoms with van der Waals surface area (Å²) < 4.78 is 5.61. The molecule has 2 aliphatic rings. The number of nitrogens with zero attached hydrogens (tertiary/aromatic N) is 2. The van der Waals surface area contributed by atoms with Crippen molar-refractivity contribution in [2.24, 2.45) is 0 Å². The highest BCUT2D eigenvalue weighted by Crippen LogP contribution is 2.33. The molecule has 1 aliphatic carbocycles. The Morgan fingerprint density at radius 3 is 2.52 bits per heavy atom. The van der Waals surface area contributed by atoms with Crippen LogP contribution in [0.3, 0.4) is 0 Å². The highest BCUT2D eigenvalue weighted by molar-refractivity contribution is 5.94. The Morgan fingerprint density at radius 2 is 1.93 bits per heavy atom. The van der Waals surface area contributed by atoms with Crippen molar-refractivity contribution in [1.29, 1.82) is 0 Å². The Balaban J connectivity index is 1.61. The van der Waals surface area contributed by atoms with Crippen molar-refractivity contribution in [3.05, 3.63) is 42.0 Å². The zero-order valence-corrected chi connectivity index (χ0v) is 17.5. The van der Waals surface area contributed by atoms with Gasteiger partial charge in [0.25, 0.3) is 5.91 Å². The molecule has 1 aromatic heterocycles. The molecule has 6 heteroatoms. The lowest BCUT2D eigenvalue weighted by Crippen LogP contribution is -2.36. The van der Waals surface area contributed by atoms with Gasteiger partial charge in [-0.2, -0.15) is 0 Å². The first-order chi connectivity index (χ1) is 13.9. The maximum atomic E-state index is 12.1. The largest absolute Gasteiger partial charge is 0.379 e. The molecular weight excluding hydrogens is 364 g/mol. The van der Waals surface area contributed by atoms with Gasteiger partial charge in [-0.15, -0.1) is 0 Å². The molecule has 1 aliphatic heterocycles. The van der Waals surface area contributed by atoms with Crippen LogP contribution in [0.5, 0.6) is 0 Å². The lowest BCUT2D eigenvalue weighted by atomic mass is 9.93. The number of ether oxygens (including phenoxy) is 1. The van der Waals surface area contributed by atoms with Crippen LogP contribution in [-0.2, 0) is 4.74 Å². The maximum absolute atomic E-state index is 12.1. The molecule has 2 heterocycles. The highest BCUT2D eigenvalue weighted by Gasteiger charge is 2.31. The molecule has 0 bridgehead atoms. The number of hydrogen-bond donors (Lipinski definition) is 2. The average molecular weight is 395 g/mol. The third-order valence-corrected chi connectivity index (χ3v) is 5.83. The van der Waals surface area contributed by atoms with E-state index >= 15 is 0 Å². The van der Waals surface area contributed by atoms with Gasteiger partial charge in [0.2, 0.25) is 0 Å². The van der Waals surface area contributed by atoms with E-state index in [0.29, 0.717) is 18.2 Å². The Hall–Kier alpha value is -2.60. The second-order valence-corrected chi connectivity index (χ2v) is 8.63. The number of amides is 1. The number of pyridine rings is 1. The van der Waals surface area contributed by atoms with Gasteiger partial charge in [0, 0.05) is 37.9 Å². The SMILES string of the molecule is CN(C)C(=O)c1ccc(-c2ccc(NC3CCC3)c(NC3(C)CCOC3)n2)cc1. The first kappa shape index (κ1) is 19.7. The molecule has 29 heavy (non-hydrogen) atoms. The van der Waals surface area contributed by atoms with Gasteiger partial charge < -0.3 is 20.3 Å². The fraction of sp³-hybridized carbons (Fsp3) is 0.478. The van der Waals surface area contributed by atoms with Gasteiger partial charge in [-0.3, -0.25) is 4.79 Å². The lowest BCUT2D eigenvalue weighted by molar-refractivity contribution is 0.0827. The van der Waals surface area contributed by atoms with Crippen LogP contribution in [0.1, 0.15) is 43.0 Å². The Labute approximate surface area is 172 Å². The minimum absolute atomic E-state index is 0.000990. The van der Waals surface area contributed by atoms with E-state index in [-0.39, 0.29) is 11.4 Å². The summed E-state index contributed by atoms with van der Waals surface area (Å²) in [5, 5.41) is 7.27. The van der Waals surface area contributed by atoms with Gasteiger partial charge in [0.15, 0.2) is 5.82 Å². The third-order valence-electron chi connectivity index (χ3n) is 5.83. The molecule has 2 fully saturated rings. The zero-order valence-electron chi connectivity index (χ0n) is 17.5. The summed E-state index contributed by atoms with van der Waals surface area (Å²) in [4.78, 5) is 18.7. The van der Waals surface area contributed by atoms with Gasteiger partial charge in [-0.1, -0.05) is 12.1 Å². The topological polar surface area (TPSA) is 66.5 Å². The van der Waals surface area contributed by atoms with Crippen LogP contribution in [0.4, 0.5) is 11.5 Å². The van der Waals surface area contributed by atoms with E-state index in [4.69, 9.17) is 9.72 Å². The number of anilines is 2. The van der Waals surface area contributed by atoms with E-state index in [0.717, 1.165) is 35.8 Å². The lowest BCUT2D eigenvalue weighted by Gasteiger charge is -2.31. The molecule has 1 amide bonds. The van der Waals surface area contributed by atoms with E-state index in [1.54, 1.807) is 19.0 Å². The molecule has 0 radical (unpaired) electrons. The highest BCUT2D eigenvalue weighted by atomic mass is 16.5. The van der Waals surface area contributed by atoms with Gasteiger partial charge in [-0.25, -0.2) is 4.98 Å². The number of carbonyl (C=O) groups is 1. The third kappa shape index (κ3) is 4.37. The zero-order chi connectivity index (χ0) is 20.4. The van der Waals surface area contributed by atoms with Crippen LogP contribution in [0.15, 0.2) is 36.4 Å². The van der Waals surface area contributed by atoms with Crippen molar-refractivity contribution in [2.45, 2.75) is 44.2 Å². The smallest absolute Gasteiger partial charge is 0.253 e. The number of carbonyl (C=O) groups excluding carboxylic acids is 1. The minimum atomic E-state index is -0.107. The predicted molar refractivity (Wildman–Crippen MR) is 116 cm³/mol. The van der Waals surface area contributed by atoms with E-state index in [1.807, 2.05) is 30.3 Å². The molecule has 2 aromatic rings. The molecule has 1 saturated carbocycles. The molecule has 1 atom stereocenters. The molecule has 1 unspecified atom stereocenters. The molecular formula is C23H30N4O2. The summed E-state index contributed by atoms with van der Waals surface area (Å²) in [7, 11) is 3.52. The van der Waals surface area contributed by atoms with Crippen LogP contribution in [0.25, 0.3) is 11.3 Å². The number of nitrogens with one attached hydrogen (secondary N) is 2. The first-order valence-corrected chi connectivity index (χ1v) is 10.4. The molecule has 0 spiro atoms. The first-order valence-electron chi connectivity index (χ1n) is 10.4. The predicted octanol–water partition coefficient (Wildman–Crippen LogP) is 4.01. The molecule has 1 aromatic carbocycles. The van der Waals surface area contributed by atoms with Crippen molar-refractivity contribution in [3.63, 3.8) is 0 Å². The van der Waals surface area contributed by atoms with Crippen LogP contribution in [0.2, 0.25) is 0 Å². The summed E-state index contributed by atoms with van der Waals surface area (Å²) in [5.74, 6) is 0.872. The van der Waals surface area contributed by atoms with Crippen molar-refractivity contribution >= 4 is 17.4 Å². The van der Waals surface area contributed by atoms with E-state index in [1.165, 1.54) is 19.3 Å². The van der Waals surface area contributed by atoms with Gasteiger partial charge in [0.05, 0.1) is 23.5 Å². The summed E-state index contributed by atoms with van der Waals surface area (Å²) in [6.07, 6.45) is 4.67. The van der Waals surface area contributed by atoms with Crippen molar-refractivity contribution in [1.82, 2.24) is 9.88 Å². The van der Waals surface area contributed by atoms with Crippen LogP contribution < -0.4 is 10.6 Å². The Bertz CT molecular complexity index is 869. The monoisotopic (exact) mass is 394 g/mol. The molecule has 2 N–H and O–H groups in total. The summed E-state index contributed by atoms with van der Waals surface area (Å²) in [6.45, 7) is 3.64. The second kappa shape index (κ2) is 8.03. The average Bonchev–Trinajstić information content (AvgIpc) is 3.11. The van der Waals surface area contributed by atoms with Crippen LogP contribution in [-0.4, -0.2) is 54.7 Å². The van der Waals surface area contributed by atoms with E-state index in [9.17, 15) is 4.79 Å². The van der Waals surface area contributed by atoms with E-state index in [2.05, 4.69) is 23.6 Å². The van der Waals surface area contributed by atoms with Gasteiger partial charge in [0.1, 0.15) is 0 Å². The molecule has 154 valence electrons. The van der Waals surface area contributed by atoms with E-state index < -0.39 is 0 Å². The van der Waals surface area contributed by atoms with Gasteiger partial charge >= 0.3 is 0 Å². The fourth-order valence-electron chi connectivity index (χ4n) is 3.70. The summed E-state index contributed by atoms with van der Waals surface area (Å²) in [6, 6.07) is 12.3. The fourth-order valence-corrected chi connectivity index (χ4v) is 3.70. The van der Waals surface area contributed by atoms with Crippen molar-refractivity contribution in [3.8, 4) is 11.3 Å². The van der Waals surface area contributed by atoms with Crippen LogP contribution >= 0.6 is 0 Å². The standard InChI is InChI=1S/C23H30N4O2/c1-23(13-14-29-15-23)26-21-20(24-18-5-4-6-18)12-11-19(25-21)16-7-9-17(10-8-16)22(28)27(2)3/h7-12,18,24H,4-6,13-15H2,1-3H3,(H,25,26). The van der Waals surface area contributed by atoms with Crippen molar-refractivity contribution < 1.29 is 9.53 Å². The minimum Gasteiger partial charge on any atom is -0.379 e. The number of rotatable bonds is 6. The Morgan fingerprint density at radius 1 is 1.17 bits per heavy atom. The number of benzene rings is 1. The summed E-state index contributed by atoms with van der Waals surface area (Å²) >= 11 is 0. The second-order valence-electron chi connectivity index (χ2n) is 8.63. The number of hydrogen-bond acceptors (Lipinski definition) is 5. The molecule has 1 saturated heterocycles.